The summed E-state index contributed by atoms with van der Waals surface area (Å²) < 4.78 is 10.9. The number of hydrogen-bond donors (Lipinski definition) is 2. The topological polar surface area (TPSA) is 71.0 Å². The van der Waals surface area contributed by atoms with Crippen LogP contribution in [0.4, 0.5) is 0 Å². The number of rotatable bonds is 10. The molecule has 166 valence electrons. The number of aliphatic hydroxyl groups excluding tert-OH is 1. The predicted octanol–water partition coefficient (Wildman–Crippen LogP) is 3.32. The Kier molecular flexibility index (Phi) is 8.09. The summed E-state index contributed by atoms with van der Waals surface area (Å²) in [6.07, 6.45) is 4.48. The first-order valence-corrected chi connectivity index (χ1v) is 10.7. The molecule has 1 amide bonds. The van der Waals surface area contributed by atoms with Crippen molar-refractivity contribution in [1.29, 1.82) is 0 Å². The Bertz CT molecular complexity index is 912. The van der Waals surface area contributed by atoms with Crippen molar-refractivity contribution in [1.82, 2.24) is 10.2 Å². The van der Waals surface area contributed by atoms with Crippen LogP contribution < -0.4 is 14.8 Å². The maximum Gasteiger partial charge on any atom is 0.251 e. The zero-order valence-electron chi connectivity index (χ0n) is 18.4. The molecule has 2 N–H and O–H groups in total. The quantitative estimate of drug-likeness (QED) is 0.573. The van der Waals surface area contributed by atoms with E-state index in [0.29, 0.717) is 30.0 Å². The minimum atomic E-state index is -0.171. The number of allylic oxidation sites excluding steroid dienone is 1. The molecular formula is C25H32N2O4. The van der Waals surface area contributed by atoms with Crippen LogP contribution in [0.15, 0.2) is 49.1 Å². The van der Waals surface area contributed by atoms with E-state index in [1.165, 1.54) is 5.56 Å². The van der Waals surface area contributed by atoms with Crippen molar-refractivity contribution in [2.24, 2.45) is 0 Å². The molecule has 0 unspecified atom stereocenters. The van der Waals surface area contributed by atoms with E-state index in [9.17, 15) is 9.90 Å². The number of likely N-dealkylation sites (tertiary alicyclic amines) is 1. The van der Waals surface area contributed by atoms with Crippen LogP contribution in [-0.2, 0) is 19.5 Å². The fourth-order valence-electron chi connectivity index (χ4n) is 4.17. The van der Waals surface area contributed by atoms with E-state index in [-0.39, 0.29) is 18.6 Å². The highest BCUT2D eigenvalue weighted by molar-refractivity contribution is 5.95. The minimum Gasteiger partial charge on any atom is -0.493 e. The minimum absolute atomic E-state index is 0.171. The van der Waals surface area contributed by atoms with Crippen LogP contribution in [0.5, 0.6) is 11.5 Å². The smallest absolute Gasteiger partial charge is 0.251 e. The van der Waals surface area contributed by atoms with E-state index in [1.807, 2.05) is 24.3 Å². The van der Waals surface area contributed by atoms with E-state index in [4.69, 9.17) is 9.47 Å². The molecule has 1 aliphatic rings. The van der Waals surface area contributed by atoms with Crippen molar-refractivity contribution >= 4 is 5.91 Å². The molecule has 0 saturated carbocycles. The number of aliphatic hydroxyl groups is 1. The highest BCUT2D eigenvalue weighted by Crippen LogP contribution is 2.33. The second-order valence-electron chi connectivity index (χ2n) is 7.76. The molecule has 6 heteroatoms. The van der Waals surface area contributed by atoms with Crippen molar-refractivity contribution in [2.75, 3.05) is 27.4 Å². The highest BCUT2D eigenvalue weighted by Gasteiger charge is 2.24. The van der Waals surface area contributed by atoms with Crippen LogP contribution in [0.1, 0.15) is 39.9 Å². The first-order valence-electron chi connectivity index (χ1n) is 10.7. The molecule has 1 fully saturated rings. The molecule has 6 nitrogen and oxygen atoms in total. The number of carbonyl (C=O) groups excluding carboxylic acids is 1. The van der Waals surface area contributed by atoms with Crippen LogP contribution >= 0.6 is 0 Å². The van der Waals surface area contributed by atoms with Crippen molar-refractivity contribution < 1.29 is 19.4 Å². The third-order valence-corrected chi connectivity index (χ3v) is 5.82. The summed E-state index contributed by atoms with van der Waals surface area (Å²) >= 11 is 0. The highest BCUT2D eigenvalue weighted by atomic mass is 16.5. The van der Waals surface area contributed by atoms with Gasteiger partial charge in [0.15, 0.2) is 11.5 Å². The lowest BCUT2D eigenvalue weighted by atomic mass is 10.0. The predicted molar refractivity (Wildman–Crippen MR) is 122 cm³/mol. The van der Waals surface area contributed by atoms with Gasteiger partial charge in [0.25, 0.3) is 5.91 Å². The number of methoxy groups -OCH3 is 2. The van der Waals surface area contributed by atoms with Gasteiger partial charge in [-0.05, 0) is 49.1 Å². The largest absolute Gasteiger partial charge is 0.493 e. The van der Waals surface area contributed by atoms with Crippen LogP contribution in [0.25, 0.3) is 0 Å². The maximum atomic E-state index is 12.9. The van der Waals surface area contributed by atoms with Crippen LogP contribution in [0, 0.1) is 0 Å². The summed E-state index contributed by atoms with van der Waals surface area (Å²) in [5.74, 6) is 0.973. The Labute approximate surface area is 184 Å². The Hall–Kier alpha value is -2.83. The lowest BCUT2D eigenvalue weighted by molar-refractivity contribution is 0.0950. The standard InChI is InChI=1S/C25H32N2O4/c1-4-8-18-13-21(14-23(30-2)24(18)31-3)25(29)26-15-19-9-5-6-10-20(19)16-27-12-7-11-22(27)17-28/h4-6,9-10,13-14,22,28H,1,7-8,11-12,15-17H2,2-3H3,(H,26,29)/t22-/m0/s1. The summed E-state index contributed by atoms with van der Waals surface area (Å²) in [4.78, 5) is 15.2. The summed E-state index contributed by atoms with van der Waals surface area (Å²) in [7, 11) is 3.15. The van der Waals surface area contributed by atoms with E-state index < -0.39 is 0 Å². The van der Waals surface area contributed by atoms with Gasteiger partial charge in [0.05, 0.1) is 20.8 Å². The molecule has 0 bridgehead atoms. The van der Waals surface area contributed by atoms with E-state index >= 15 is 0 Å². The van der Waals surface area contributed by atoms with Crippen molar-refractivity contribution in [3.8, 4) is 11.5 Å². The Balaban J connectivity index is 1.74. The molecular weight excluding hydrogens is 392 g/mol. The Morgan fingerprint density at radius 2 is 2.00 bits per heavy atom. The molecule has 1 heterocycles. The first-order chi connectivity index (χ1) is 15.1. The second-order valence-corrected chi connectivity index (χ2v) is 7.76. The van der Waals surface area contributed by atoms with Gasteiger partial charge in [-0.1, -0.05) is 30.3 Å². The van der Waals surface area contributed by atoms with Gasteiger partial charge in [0.1, 0.15) is 0 Å². The summed E-state index contributed by atoms with van der Waals surface area (Å²) in [6, 6.07) is 11.9. The van der Waals surface area contributed by atoms with E-state index in [0.717, 1.165) is 37.1 Å². The molecule has 1 saturated heterocycles. The van der Waals surface area contributed by atoms with E-state index in [1.54, 1.807) is 26.4 Å². The molecule has 2 aromatic rings. The zero-order valence-corrected chi connectivity index (χ0v) is 18.4. The summed E-state index contributed by atoms with van der Waals surface area (Å²) in [5.41, 5.74) is 3.62. The zero-order chi connectivity index (χ0) is 22.2. The number of nitrogens with one attached hydrogen (secondary N) is 1. The fourth-order valence-corrected chi connectivity index (χ4v) is 4.17. The van der Waals surface area contributed by atoms with Gasteiger partial charge in [-0.15, -0.1) is 6.58 Å². The van der Waals surface area contributed by atoms with Crippen molar-refractivity contribution in [3.05, 3.63) is 71.3 Å². The first kappa shape index (κ1) is 22.8. The summed E-state index contributed by atoms with van der Waals surface area (Å²) in [6.45, 7) is 6.16. The average molecular weight is 425 g/mol. The second kappa shape index (κ2) is 11.0. The number of nitrogens with zero attached hydrogens (tertiary/aromatic N) is 1. The van der Waals surface area contributed by atoms with Gasteiger partial charge in [0.2, 0.25) is 0 Å². The SMILES string of the molecule is C=CCc1cc(C(=O)NCc2ccccc2CN2CCC[C@H]2CO)cc(OC)c1OC. The monoisotopic (exact) mass is 424 g/mol. The van der Waals surface area contributed by atoms with Crippen LogP contribution in [0.3, 0.4) is 0 Å². The molecule has 0 aromatic heterocycles. The van der Waals surface area contributed by atoms with Crippen molar-refractivity contribution in [2.45, 2.75) is 38.4 Å². The normalized spacial score (nSPS) is 16.2. The van der Waals surface area contributed by atoms with Crippen LogP contribution in [0.2, 0.25) is 0 Å². The van der Waals surface area contributed by atoms with Gasteiger partial charge in [-0.25, -0.2) is 0 Å². The lowest BCUT2D eigenvalue weighted by Gasteiger charge is -2.24. The lowest BCUT2D eigenvalue weighted by Crippen LogP contribution is -2.32. The molecule has 0 radical (unpaired) electrons. The molecule has 31 heavy (non-hydrogen) atoms. The van der Waals surface area contributed by atoms with Gasteiger partial charge in [-0.2, -0.15) is 0 Å². The third-order valence-electron chi connectivity index (χ3n) is 5.82. The Morgan fingerprint density at radius 3 is 2.68 bits per heavy atom. The number of benzene rings is 2. The van der Waals surface area contributed by atoms with Gasteiger partial charge in [-0.3, -0.25) is 9.69 Å². The third kappa shape index (κ3) is 5.46. The van der Waals surface area contributed by atoms with Crippen molar-refractivity contribution in [3.63, 3.8) is 0 Å². The molecule has 1 atom stereocenters. The number of carbonyl (C=O) groups is 1. The number of amides is 1. The molecule has 0 spiro atoms. The number of ether oxygens (including phenoxy) is 2. The number of hydrogen-bond acceptors (Lipinski definition) is 5. The Morgan fingerprint density at radius 1 is 1.23 bits per heavy atom. The van der Waals surface area contributed by atoms with Crippen LogP contribution in [-0.4, -0.2) is 49.3 Å². The molecule has 3 rings (SSSR count). The maximum absolute atomic E-state index is 12.9. The van der Waals surface area contributed by atoms with E-state index in [2.05, 4.69) is 22.9 Å². The fraction of sp³-hybridized carbons (Fsp3) is 0.400. The molecule has 0 aliphatic carbocycles. The average Bonchev–Trinajstić information content (AvgIpc) is 3.25. The van der Waals surface area contributed by atoms with Gasteiger partial charge in [0, 0.05) is 30.3 Å². The summed E-state index contributed by atoms with van der Waals surface area (Å²) in [5, 5.41) is 12.6. The van der Waals surface area contributed by atoms with Gasteiger partial charge < -0.3 is 19.9 Å². The molecule has 1 aliphatic heterocycles. The molecule has 2 aromatic carbocycles. The van der Waals surface area contributed by atoms with Gasteiger partial charge >= 0.3 is 0 Å².